The van der Waals surface area contributed by atoms with E-state index in [-0.39, 0.29) is 0 Å². The molecule has 3 rings (SSSR count). The van der Waals surface area contributed by atoms with Gasteiger partial charge in [0.15, 0.2) is 0 Å². The van der Waals surface area contributed by atoms with Crippen LogP contribution in [0.4, 0.5) is 17.1 Å². The van der Waals surface area contributed by atoms with Crippen molar-refractivity contribution in [1.29, 1.82) is 0 Å². The third kappa shape index (κ3) is 3.68. The number of unbranched alkanes of at least 4 members (excludes halogenated alkanes) is 3. The van der Waals surface area contributed by atoms with Crippen molar-refractivity contribution in [3.8, 4) is 0 Å². The van der Waals surface area contributed by atoms with Gasteiger partial charge >= 0.3 is 0 Å². The zero-order chi connectivity index (χ0) is 17.6. The molecule has 0 amide bonds. The first-order valence-corrected chi connectivity index (χ1v) is 10.0. The predicted molar refractivity (Wildman–Crippen MR) is 110 cm³/mol. The fraction of sp³-hybridized carbons (Fsp3) is 0.478. The Balaban J connectivity index is 2.01. The average Bonchev–Trinajstić information content (AvgIpc) is 2.65. The highest BCUT2D eigenvalue weighted by Gasteiger charge is 2.28. The van der Waals surface area contributed by atoms with Crippen molar-refractivity contribution in [2.75, 3.05) is 23.3 Å². The van der Waals surface area contributed by atoms with Crippen molar-refractivity contribution < 1.29 is 0 Å². The summed E-state index contributed by atoms with van der Waals surface area (Å²) < 4.78 is 0. The van der Waals surface area contributed by atoms with Gasteiger partial charge in [0.1, 0.15) is 0 Å². The molecule has 0 fully saturated rings. The number of para-hydroxylation sites is 1. The van der Waals surface area contributed by atoms with Crippen LogP contribution in [-0.4, -0.2) is 13.1 Å². The van der Waals surface area contributed by atoms with Gasteiger partial charge in [-0.05, 0) is 44.0 Å². The van der Waals surface area contributed by atoms with Gasteiger partial charge < -0.3 is 10.2 Å². The molecule has 2 nitrogen and oxygen atoms in total. The van der Waals surface area contributed by atoms with Crippen LogP contribution in [0.15, 0.2) is 42.5 Å². The molecule has 2 aromatic rings. The molecule has 2 heteroatoms. The molecule has 1 atom stereocenters. The zero-order valence-corrected chi connectivity index (χ0v) is 16.0. The SMILES string of the molecule is CCCCCCC1c2ccccc2Nc2cccc(N(CC)CC)c21. The largest absolute Gasteiger partial charge is 0.372 e. The van der Waals surface area contributed by atoms with E-state index in [1.807, 2.05) is 0 Å². The normalized spacial score (nSPS) is 15.2. The van der Waals surface area contributed by atoms with Gasteiger partial charge in [-0.25, -0.2) is 0 Å². The minimum atomic E-state index is 0.501. The molecule has 0 aliphatic carbocycles. The molecule has 0 spiro atoms. The van der Waals surface area contributed by atoms with Crippen LogP contribution in [0.5, 0.6) is 0 Å². The Hall–Kier alpha value is -1.96. The Morgan fingerprint density at radius 2 is 1.60 bits per heavy atom. The van der Waals surface area contributed by atoms with Crippen LogP contribution < -0.4 is 10.2 Å². The molecule has 0 bridgehead atoms. The predicted octanol–water partition coefficient (Wildman–Crippen LogP) is 6.69. The van der Waals surface area contributed by atoms with E-state index in [0.717, 1.165) is 13.1 Å². The molecule has 1 N–H and O–H groups in total. The quantitative estimate of drug-likeness (QED) is 0.540. The van der Waals surface area contributed by atoms with Crippen LogP contribution in [0.3, 0.4) is 0 Å². The molecule has 0 saturated heterocycles. The van der Waals surface area contributed by atoms with E-state index < -0.39 is 0 Å². The molecule has 1 heterocycles. The summed E-state index contributed by atoms with van der Waals surface area (Å²) in [7, 11) is 0. The summed E-state index contributed by atoms with van der Waals surface area (Å²) in [5.74, 6) is 0.501. The fourth-order valence-electron chi connectivity index (χ4n) is 4.16. The van der Waals surface area contributed by atoms with E-state index in [1.165, 1.54) is 60.3 Å². The Bertz CT molecular complexity index is 688. The topological polar surface area (TPSA) is 15.3 Å². The summed E-state index contributed by atoms with van der Waals surface area (Å²) >= 11 is 0. The number of hydrogen-bond acceptors (Lipinski definition) is 2. The van der Waals surface area contributed by atoms with Gasteiger partial charge in [-0.2, -0.15) is 0 Å². The van der Waals surface area contributed by atoms with E-state index in [1.54, 1.807) is 0 Å². The third-order valence-electron chi connectivity index (χ3n) is 5.49. The Labute approximate surface area is 153 Å². The maximum absolute atomic E-state index is 3.69. The van der Waals surface area contributed by atoms with Gasteiger partial charge in [-0.15, -0.1) is 0 Å². The molecule has 1 aliphatic heterocycles. The summed E-state index contributed by atoms with van der Waals surface area (Å²) in [5, 5.41) is 3.69. The molecule has 2 aromatic carbocycles. The third-order valence-corrected chi connectivity index (χ3v) is 5.49. The van der Waals surface area contributed by atoms with Gasteiger partial charge in [-0.3, -0.25) is 0 Å². The highest BCUT2D eigenvalue weighted by atomic mass is 15.1. The van der Waals surface area contributed by atoms with E-state index in [9.17, 15) is 0 Å². The summed E-state index contributed by atoms with van der Waals surface area (Å²) in [4.78, 5) is 2.49. The highest BCUT2D eigenvalue weighted by Crippen LogP contribution is 2.47. The summed E-state index contributed by atoms with van der Waals surface area (Å²) in [5.41, 5.74) is 6.95. The number of fused-ring (bicyclic) bond motifs is 2. The lowest BCUT2D eigenvalue weighted by atomic mass is 9.81. The Morgan fingerprint density at radius 3 is 2.36 bits per heavy atom. The first kappa shape index (κ1) is 17.8. The fourth-order valence-corrected chi connectivity index (χ4v) is 4.16. The standard InChI is InChI=1S/C23H32N2/c1-4-7-8-9-14-19-18-13-10-11-15-20(18)24-21-16-12-17-22(23(19)21)25(5-2)6-3/h10-13,15-17,19,24H,4-9,14H2,1-3H3. The maximum Gasteiger partial charge on any atom is 0.0444 e. The van der Waals surface area contributed by atoms with Crippen molar-refractivity contribution in [3.63, 3.8) is 0 Å². The monoisotopic (exact) mass is 336 g/mol. The van der Waals surface area contributed by atoms with Gasteiger partial charge in [0.25, 0.3) is 0 Å². The van der Waals surface area contributed by atoms with Crippen LogP contribution in [0.2, 0.25) is 0 Å². The first-order valence-electron chi connectivity index (χ1n) is 10.0. The van der Waals surface area contributed by atoms with Gasteiger partial charge in [0.05, 0.1) is 0 Å². The zero-order valence-electron chi connectivity index (χ0n) is 16.0. The molecular formula is C23H32N2. The second kappa shape index (κ2) is 8.42. The minimum absolute atomic E-state index is 0.501. The smallest absolute Gasteiger partial charge is 0.0444 e. The van der Waals surface area contributed by atoms with Crippen molar-refractivity contribution >= 4 is 17.1 Å². The second-order valence-corrected chi connectivity index (χ2v) is 7.02. The molecular weight excluding hydrogens is 304 g/mol. The van der Waals surface area contributed by atoms with E-state index in [2.05, 4.69) is 73.5 Å². The number of rotatable bonds is 8. The number of hydrogen-bond donors (Lipinski definition) is 1. The molecule has 0 saturated carbocycles. The number of nitrogens with zero attached hydrogens (tertiary/aromatic N) is 1. The second-order valence-electron chi connectivity index (χ2n) is 7.02. The first-order chi connectivity index (χ1) is 12.3. The number of benzene rings is 2. The van der Waals surface area contributed by atoms with E-state index in [4.69, 9.17) is 0 Å². The number of nitrogens with one attached hydrogen (secondary N) is 1. The summed E-state index contributed by atoms with van der Waals surface area (Å²) in [6.45, 7) is 8.90. The van der Waals surface area contributed by atoms with Crippen LogP contribution in [0, 0.1) is 0 Å². The van der Waals surface area contributed by atoms with E-state index >= 15 is 0 Å². The van der Waals surface area contributed by atoms with Gasteiger partial charge in [0.2, 0.25) is 0 Å². The van der Waals surface area contributed by atoms with E-state index in [0.29, 0.717) is 5.92 Å². The van der Waals surface area contributed by atoms with Crippen LogP contribution in [-0.2, 0) is 0 Å². The van der Waals surface area contributed by atoms with Crippen molar-refractivity contribution in [3.05, 3.63) is 53.6 Å². The highest BCUT2D eigenvalue weighted by molar-refractivity contribution is 5.79. The van der Waals surface area contributed by atoms with Crippen LogP contribution in [0.1, 0.15) is 69.9 Å². The van der Waals surface area contributed by atoms with Crippen LogP contribution in [0.25, 0.3) is 0 Å². The Kier molecular flexibility index (Phi) is 6.01. The molecule has 0 aromatic heterocycles. The molecule has 25 heavy (non-hydrogen) atoms. The average molecular weight is 337 g/mol. The van der Waals surface area contributed by atoms with Crippen LogP contribution >= 0.6 is 0 Å². The number of anilines is 3. The van der Waals surface area contributed by atoms with Gasteiger partial charge in [0, 0.05) is 41.6 Å². The maximum atomic E-state index is 3.69. The van der Waals surface area contributed by atoms with Gasteiger partial charge in [-0.1, -0.05) is 56.9 Å². The molecule has 1 aliphatic rings. The summed E-state index contributed by atoms with van der Waals surface area (Å²) in [6.07, 6.45) is 6.52. The lowest BCUT2D eigenvalue weighted by Gasteiger charge is -2.34. The lowest BCUT2D eigenvalue weighted by molar-refractivity contribution is 0.595. The lowest BCUT2D eigenvalue weighted by Crippen LogP contribution is -2.25. The molecule has 1 unspecified atom stereocenters. The summed E-state index contributed by atoms with van der Waals surface area (Å²) in [6, 6.07) is 15.6. The molecule has 0 radical (unpaired) electrons. The van der Waals surface area contributed by atoms with Crippen molar-refractivity contribution in [2.45, 2.75) is 58.8 Å². The molecule has 134 valence electrons. The van der Waals surface area contributed by atoms with Crippen molar-refractivity contribution in [2.24, 2.45) is 0 Å². The minimum Gasteiger partial charge on any atom is -0.372 e. The Morgan fingerprint density at radius 1 is 0.840 bits per heavy atom. The van der Waals surface area contributed by atoms with Crippen molar-refractivity contribution in [1.82, 2.24) is 0 Å².